The van der Waals surface area contributed by atoms with Gasteiger partial charge in [-0.15, -0.1) is 11.3 Å². The van der Waals surface area contributed by atoms with Gasteiger partial charge in [0, 0.05) is 22.4 Å². The SMILES string of the molecule is NCc1cc(-c2noc(=O)[nH]2)cs1. The molecule has 2 aromatic heterocycles. The van der Waals surface area contributed by atoms with Crippen LogP contribution in [0.5, 0.6) is 0 Å². The number of hydrogen-bond donors (Lipinski definition) is 2. The highest BCUT2D eigenvalue weighted by Gasteiger charge is 2.05. The molecule has 0 aliphatic carbocycles. The van der Waals surface area contributed by atoms with Crippen LogP contribution in [-0.4, -0.2) is 10.1 Å². The van der Waals surface area contributed by atoms with E-state index in [1.807, 2.05) is 11.4 Å². The average molecular weight is 197 g/mol. The molecule has 0 saturated heterocycles. The average Bonchev–Trinajstić information content (AvgIpc) is 2.71. The van der Waals surface area contributed by atoms with Gasteiger partial charge in [0.2, 0.25) is 0 Å². The van der Waals surface area contributed by atoms with Crippen LogP contribution in [-0.2, 0) is 6.54 Å². The zero-order valence-corrected chi connectivity index (χ0v) is 7.43. The van der Waals surface area contributed by atoms with Crippen molar-refractivity contribution in [1.82, 2.24) is 10.1 Å². The summed E-state index contributed by atoms with van der Waals surface area (Å²) in [6, 6.07) is 1.87. The van der Waals surface area contributed by atoms with E-state index in [1.165, 1.54) is 11.3 Å². The quantitative estimate of drug-likeness (QED) is 0.736. The van der Waals surface area contributed by atoms with E-state index in [4.69, 9.17) is 5.73 Å². The maximum absolute atomic E-state index is 10.6. The third-order valence-corrected chi connectivity index (χ3v) is 2.53. The van der Waals surface area contributed by atoms with Gasteiger partial charge in [-0.3, -0.25) is 9.51 Å². The molecule has 6 heteroatoms. The van der Waals surface area contributed by atoms with Gasteiger partial charge in [-0.25, -0.2) is 4.79 Å². The first-order valence-electron chi connectivity index (χ1n) is 3.63. The van der Waals surface area contributed by atoms with Crippen LogP contribution in [0.3, 0.4) is 0 Å². The van der Waals surface area contributed by atoms with Crippen LogP contribution in [0.4, 0.5) is 0 Å². The Morgan fingerprint density at radius 1 is 1.69 bits per heavy atom. The van der Waals surface area contributed by atoms with E-state index >= 15 is 0 Å². The zero-order chi connectivity index (χ0) is 9.26. The molecule has 5 nitrogen and oxygen atoms in total. The van der Waals surface area contributed by atoms with Gasteiger partial charge in [-0.1, -0.05) is 5.16 Å². The van der Waals surface area contributed by atoms with Gasteiger partial charge in [0.1, 0.15) is 0 Å². The molecule has 0 radical (unpaired) electrons. The van der Waals surface area contributed by atoms with Crippen LogP contribution >= 0.6 is 11.3 Å². The van der Waals surface area contributed by atoms with E-state index in [-0.39, 0.29) is 0 Å². The summed E-state index contributed by atoms with van der Waals surface area (Å²) in [6.07, 6.45) is 0. The number of aromatic amines is 1. The summed E-state index contributed by atoms with van der Waals surface area (Å²) in [4.78, 5) is 14.1. The third-order valence-electron chi connectivity index (χ3n) is 1.57. The van der Waals surface area contributed by atoms with Gasteiger partial charge in [0.25, 0.3) is 0 Å². The van der Waals surface area contributed by atoms with Crippen LogP contribution in [0.15, 0.2) is 20.8 Å². The van der Waals surface area contributed by atoms with Crippen molar-refractivity contribution in [3.63, 3.8) is 0 Å². The first-order chi connectivity index (χ1) is 6.29. The predicted octanol–water partition coefficient (Wildman–Crippen LogP) is 0.550. The van der Waals surface area contributed by atoms with E-state index in [9.17, 15) is 4.79 Å². The largest absolute Gasteiger partial charge is 0.439 e. The molecule has 0 aliphatic rings. The Balaban J connectivity index is 2.40. The summed E-state index contributed by atoms with van der Waals surface area (Å²) in [5.74, 6) is -0.101. The minimum Gasteiger partial charge on any atom is -0.326 e. The number of nitrogens with two attached hydrogens (primary N) is 1. The highest BCUT2D eigenvalue weighted by atomic mass is 32.1. The number of rotatable bonds is 2. The molecule has 0 fully saturated rings. The summed E-state index contributed by atoms with van der Waals surface area (Å²) in [6.45, 7) is 0.493. The summed E-state index contributed by atoms with van der Waals surface area (Å²) in [5, 5.41) is 5.43. The number of thiophene rings is 1. The van der Waals surface area contributed by atoms with Gasteiger partial charge in [0.15, 0.2) is 5.82 Å². The van der Waals surface area contributed by atoms with Crippen LogP contribution in [0.2, 0.25) is 0 Å². The molecule has 2 rings (SSSR count). The minimum absolute atomic E-state index is 0.445. The standard InChI is InChI=1S/C7H7N3O2S/c8-2-5-1-4(3-13-5)6-9-7(11)12-10-6/h1,3H,2,8H2,(H,9,10,11). The van der Waals surface area contributed by atoms with Crippen molar-refractivity contribution in [2.24, 2.45) is 5.73 Å². The second-order valence-corrected chi connectivity index (χ2v) is 3.45. The van der Waals surface area contributed by atoms with Gasteiger partial charge in [-0.2, -0.15) is 0 Å². The summed E-state index contributed by atoms with van der Waals surface area (Å²) >= 11 is 1.52. The Labute approximate surface area is 77.2 Å². The molecule has 0 unspecified atom stereocenters. The van der Waals surface area contributed by atoms with Crippen LogP contribution < -0.4 is 11.5 Å². The molecule has 0 amide bonds. The lowest BCUT2D eigenvalue weighted by molar-refractivity contribution is 0.388. The third kappa shape index (κ3) is 1.53. The molecule has 68 valence electrons. The van der Waals surface area contributed by atoms with Crippen LogP contribution in [0.25, 0.3) is 11.4 Å². The summed E-state index contributed by atoms with van der Waals surface area (Å²) in [7, 11) is 0. The Hall–Kier alpha value is -1.40. The van der Waals surface area contributed by atoms with Crippen LogP contribution in [0, 0.1) is 0 Å². The predicted molar refractivity (Wildman–Crippen MR) is 48.3 cm³/mol. The fraction of sp³-hybridized carbons (Fsp3) is 0.143. The second kappa shape index (κ2) is 3.15. The molecule has 13 heavy (non-hydrogen) atoms. The Morgan fingerprint density at radius 2 is 2.54 bits per heavy atom. The minimum atomic E-state index is -0.546. The number of hydrogen-bond acceptors (Lipinski definition) is 5. The molecule has 0 bridgehead atoms. The molecule has 0 spiro atoms. The van der Waals surface area contributed by atoms with Gasteiger partial charge in [0.05, 0.1) is 0 Å². The first kappa shape index (κ1) is 8.21. The van der Waals surface area contributed by atoms with Crippen molar-refractivity contribution in [1.29, 1.82) is 0 Å². The fourth-order valence-corrected chi connectivity index (χ4v) is 1.72. The highest BCUT2D eigenvalue weighted by Crippen LogP contribution is 2.21. The molecule has 0 atom stereocenters. The molecule has 0 aliphatic heterocycles. The van der Waals surface area contributed by atoms with Crippen molar-refractivity contribution in [3.05, 3.63) is 26.9 Å². The first-order valence-corrected chi connectivity index (χ1v) is 4.51. The second-order valence-electron chi connectivity index (χ2n) is 2.45. The van der Waals surface area contributed by atoms with E-state index < -0.39 is 5.76 Å². The summed E-state index contributed by atoms with van der Waals surface area (Å²) < 4.78 is 4.37. The number of aromatic nitrogens is 2. The Morgan fingerprint density at radius 3 is 3.08 bits per heavy atom. The maximum atomic E-state index is 10.6. The van der Waals surface area contributed by atoms with E-state index in [1.54, 1.807) is 0 Å². The Bertz CT molecular complexity index is 456. The van der Waals surface area contributed by atoms with Gasteiger partial charge >= 0.3 is 5.76 Å². The van der Waals surface area contributed by atoms with Crippen molar-refractivity contribution >= 4 is 11.3 Å². The van der Waals surface area contributed by atoms with E-state index in [0.29, 0.717) is 12.4 Å². The summed E-state index contributed by atoms with van der Waals surface area (Å²) in [5.41, 5.74) is 6.27. The zero-order valence-electron chi connectivity index (χ0n) is 6.61. The van der Waals surface area contributed by atoms with Crippen LogP contribution in [0.1, 0.15) is 4.88 Å². The van der Waals surface area contributed by atoms with Crippen molar-refractivity contribution in [2.75, 3.05) is 0 Å². The Kier molecular flexibility index (Phi) is 1.99. The lowest BCUT2D eigenvalue weighted by Crippen LogP contribution is -1.94. The van der Waals surface area contributed by atoms with Crippen molar-refractivity contribution in [3.8, 4) is 11.4 Å². The smallest absolute Gasteiger partial charge is 0.326 e. The topological polar surface area (TPSA) is 84.9 Å². The monoisotopic (exact) mass is 197 g/mol. The molecule has 0 aromatic carbocycles. The van der Waals surface area contributed by atoms with Crippen molar-refractivity contribution < 1.29 is 4.52 Å². The highest BCUT2D eigenvalue weighted by molar-refractivity contribution is 7.10. The molecule has 2 heterocycles. The number of nitrogens with one attached hydrogen (secondary N) is 1. The number of nitrogens with zero attached hydrogens (tertiary/aromatic N) is 1. The lowest BCUT2D eigenvalue weighted by Gasteiger charge is -1.84. The van der Waals surface area contributed by atoms with E-state index in [2.05, 4.69) is 14.7 Å². The molecular weight excluding hydrogens is 190 g/mol. The molecule has 0 saturated carbocycles. The molecule has 2 aromatic rings. The van der Waals surface area contributed by atoms with Crippen molar-refractivity contribution in [2.45, 2.75) is 6.54 Å². The fourth-order valence-electron chi connectivity index (χ4n) is 0.966. The molecule has 3 N–H and O–H groups in total. The molecular formula is C7H7N3O2S. The van der Waals surface area contributed by atoms with Gasteiger partial charge in [-0.05, 0) is 6.07 Å². The lowest BCUT2D eigenvalue weighted by atomic mass is 10.3. The van der Waals surface area contributed by atoms with E-state index in [0.717, 1.165) is 10.4 Å². The number of H-pyrrole nitrogens is 1. The maximum Gasteiger partial charge on any atom is 0.439 e. The normalized spacial score (nSPS) is 10.5. The van der Waals surface area contributed by atoms with Gasteiger partial charge < -0.3 is 5.73 Å².